The van der Waals surface area contributed by atoms with E-state index in [2.05, 4.69) is 0 Å². The summed E-state index contributed by atoms with van der Waals surface area (Å²) >= 11 is 11.8. The summed E-state index contributed by atoms with van der Waals surface area (Å²) in [5.74, 6) is -0.381. The summed E-state index contributed by atoms with van der Waals surface area (Å²) in [6.07, 6.45) is 1.38. The molecule has 2 atom stereocenters. The van der Waals surface area contributed by atoms with Gasteiger partial charge >= 0.3 is 5.97 Å². The SMILES string of the molecule is COC(=O)C1(Cc2ccc(Cl)cc2)CCC(C)(CCl)C1=O. The second kappa shape index (κ2) is 5.98. The van der Waals surface area contributed by atoms with E-state index in [1.54, 1.807) is 12.1 Å². The van der Waals surface area contributed by atoms with Crippen LogP contribution in [0.5, 0.6) is 0 Å². The molecule has 0 amide bonds. The van der Waals surface area contributed by atoms with E-state index < -0.39 is 16.8 Å². The molecule has 3 nitrogen and oxygen atoms in total. The average molecular weight is 329 g/mol. The Morgan fingerprint density at radius 3 is 2.38 bits per heavy atom. The van der Waals surface area contributed by atoms with Crippen molar-refractivity contribution in [1.82, 2.24) is 0 Å². The monoisotopic (exact) mass is 328 g/mol. The zero-order chi connectivity index (χ0) is 15.7. The highest BCUT2D eigenvalue weighted by molar-refractivity contribution is 6.30. The number of ether oxygens (including phenoxy) is 1. The van der Waals surface area contributed by atoms with Gasteiger partial charge in [0, 0.05) is 16.3 Å². The van der Waals surface area contributed by atoms with Crippen LogP contribution in [-0.4, -0.2) is 24.7 Å². The molecule has 1 aliphatic carbocycles. The van der Waals surface area contributed by atoms with E-state index in [-0.39, 0.29) is 11.7 Å². The lowest BCUT2D eigenvalue weighted by Gasteiger charge is -2.27. The number of benzene rings is 1. The number of methoxy groups -OCH3 is 1. The number of carbonyl (C=O) groups excluding carboxylic acids is 2. The number of hydrogen-bond acceptors (Lipinski definition) is 3. The summed E-state index contributed by atoms with van der Waals surface area (Å²) in [5.41, 5.74) is -0.911. The molecule has 0 spiro atoms. The largest absolute Gasteiger partial charge is 0.468 e. The number of halogens is 2. The molecule has 0 aromatic heterocycles. The summed E-state index contributed by atoms with van der Waals surface area (Å²) in [7, 11) is 1.32. The molecule has 2 unspecified atom stereocenters. The van der Waals surface area contributed by atoms with Gasteiger partial charge in [-0.2, -0.15) is 0 Å². The Morgan fingerprint density at radius 2 is 1.90 bits per heavy atom. The lowest BCUT2D eigenvalue weighted by atomic mass is 9.75. The van der Waals surface area contributed by atoms with Crippen LogP contribution >= 0.6 is 23.2 Å². The molecular formula is C16H18Cl2O3. The van der Waals surface area contributed by atoms with Gasteiger partial charge in [-0.15, -0.1) is 11.6 Å². The number of carbonyl (C=O) groups is 2. The third-order valence-electron chi connectivity index (χ3n) is 4.38. The van der Waals surface area contributed by atoms with Crippen molar-refractivity contribution in [3.8, 4) is 0 Å². The maximum absolute atomic E-state index is 12.8. The van der Waals surface area contributed by atoms with E-state index in [1.807, 2.05) is 19.1 Å². The zero-order valence-electron chi connectivity index (χ0n) is 12.1. The van der Waals surface area contributed by atoms with Crippen molar-refractivity contribution < 1.29 is 14.3 Å². The predicted octanol–water partition coefficient (Wildman–Crippen LogP) is 3.65. The van der Waals surface area contributed by atoms with Crippen molar-refractivity contribution >= 4 is 35.0 Å². The van der Waals surface area contributed by atoms with Crippen molar-refractivity contribution in [2.24, 2.45) is 10.8 Å². The van der Waals surface area contributed by atoms with Gasteiger partial charge in [0.15, 0.2) is 5.78 Å². The smallest absolute Gasteiger partial charge is 0.319 e. The zero-order valence-corrected chi connectivity index (χ0v) is 13.6. The van der Waals surface area contributed by atoms with Crippen molar-refractivity contribution in [3.05, 3.63) is 34.9 Å². The Kier molecular flexibility index (Phi) is 4.64. The molecule has 1 aromatic carbocycles. The minimum atomic E-state index is -1.13. The van der Waals surface area contributed by atoms with Crippen LogP contribution in [0.2, 0.25) is 5.02 Å². The number of hydrogen-bond donors (Lipinski definition) is 0. The predicted molar refractivity (Wildman–Crippen MR) is 82.7 cm³/mol. The summed E-state index contributed by atoms with van der Waals surface area (Å²) in [6, 6.07) is 7.16. The minimum absolute atomic E-state index is 0.119. The summed E-state index contributed by atoms with van der Waals surface area (Å²) in [4.78, 5) is 25.1. The first-order valence-electron chi connectivity index (χ1n) is 6.82. The molecule has 2 rings (SSSR count). The van der Waals surface area contributed by atoms with Gasteiger partial charge in [-0.25, -0.2) is 0 Å². The number of ketones is 1. The van der Waals surface area contributed by atoms with Gasteiger partial charge in [0.1, 0.15) is 5.41 Å². The van der Waals surface area contributed by atoms with Crippen LogP contribution in [0, 0.1) is 10.8 Å². The fraction of sp³-hybridized carbons (Fsp3) is 0.500. The Hall–Kier alpha value is -1.06. The maximum Gasteiger partial charge on any atom is 0.319 e. The van der Waals surface area contributed by atoms with E-state index in [0.29, 0.717) is 24.3 Å². The normalized spacial score (nSPS) is 28.7. The molecule has 0 saturated heterocycles. The number of Topliss-reactive ketones (excluding diaryl/α,β-unsaturated/α-hetero) is 1. The highest BCUT2D eigenvalue weighted by atomic mass is 35.5. The molecule has 21 heavy (non-hydrogen) atoms. The van der Waals surface area contributed by atoms with Crippen LogP contribution < -0.4 is 0 Å². The first-order chi connectivity index (χ1) is 9.88. The van der Waals surface area contributed by atoms with Crippen molar-refractivity contribution in [2.75, 3.05) is 13.0 Å². The van der Waals surface area contributed by atoms with E-state index >= 15 is 0 Å². The molecule has 0 bridgehead atoms. The maximum atomic E-state index is 12.8. The van der Waals surface area contributed by atoms with Crippen LogP contribution in [-0.2, 0) is 20.7 Å². The molecule has 1 saturated carbocycles. The first kappa shape index (κ1) is 16.3. The van der Waals surface area contributed by atoms with Gasteiger partial charge in [0.2, 0.25) is 0 Å². The van der Waals surface area contributed by atoms with E-state index in [4.69, 9.17) is 27.9 Å². The lowest BCUT2D eigenvalue weighted by molar-refractivity contribution is -0.158. The van der Waals surface area contributed by atoms with E-state index in [9.17, 15) is 9.59 Å². The number of esters is 1. The number of rotatable bonds is 4. The third kappa shape index (κ3) is 2.82. The Balaban J connectivity index is 2.38. The van der Waals surface area contributed by atoms with Crippen molar-refractivity contribution in [3.63, 3.8) is 0 Å². The molecule has 0 heterocycles. The fourth-order valence-corrected chi connectivity index (χ4v) is 3.38. The molecule has 0 aliphatic heterocycles. The Labute approximate surface area is 134 Å². The van der Waals surface area contributed by atoms with Gasteiger partial charge in [0.05, 0.1) is 7.11 Å². The van der Waals surface area contributed by atoms with Crippen LogP contribution in [0.4, 0.5) is 0 Å². The standard InChI is InChI=1S/C16H18Cl2O3/c1-15(10-17)7-8-16(13(15)19,14(20)21-2)9-11-3-5-12(18)6-4-11/h3-6H,7-10H2,1-2H3. The fourth-order valence-electron chi connectivity index (χ4n) is 3.00. The second-order valence-corrected chi connectivity index (χ2v) is 6.60. The number of alkyl halides is 1. The van der Waals surface area contributed by atoms with Gasteiger partial charge in [-0.3, -0.25) is 9.59 Å². The highest BCUT2D eigenvalue weighted by Gasteiger charge is 2.58. The topological polar surface area (TPSA) is 43.4 Å². The Bertz CT molecular complexity index is 555. The van der Waals surface area contributed by atoms with Crippen molar-refractivity contribution in [2.45, 2.75) is 26.2 Å². The third-order valence-corrected chi connectivity index (χ3v) is 5.22. The molecular weight excluding hydrogens is 311 g/mol. The average Bonchev–Trinajstić information content (AvgIpc) is 2.75. The summed E-state index contributed by atoms with van der Waals surface area (Å²) in [6.45, 7) is 1.81. The molecule has 0 radical (unpaired) electrons. The van der Waals surface area contributed by atoms with Gasteiger partial charge < -0.3 is 4.74 Å². The van der Waals surface area contributed by atoms with Crippen LogP contribution in [0.15, 0.2) is 24.3 Å². The summed E-state index contributed by atoms with van der Waals surface area (Å²) in [5, 5.41) is 0.620. The van der Waals surface area contributed by atoms with Crippen molar-refractivity contribution in [1.29, 1.82) is 0 Å². The summed E-state index contributed by atoms with van der Waals surface area (Å²) < 4.78 is 4.91. The molecule has 1 fully saturated rings. The van der Waals surface area contributed by atoms with Gasteiger partial charge in [0.25, 0.3) is 0 Å². The Morgan fingerprint density at radius 1 is 1.29 bits per heavy atom. The van der Waals surface area contributed by atoms with Gasteiger partial charge in [-0.1, -0.05) is 30.7 Å². The van der Waals surface area contributed by atoms with Crippen LogP contribution in [0.1, 0.15) is 25.3 Å². The molecule has 0 N–H and O–H groups in total. The molecule has 1 aromatic rings. The van der Waals surface area contributed by atoms with Gasteiger partial charge in [-0.05, 0) is 37.0 Å². The molecule has 5 heteroatoms. The second-order valence-electron chi connectivity index (χ2n) is 5.90. The first-order valence-corrected chi connectivity index (χ1v) is 7.73. The van der Waals surface area contributed by atoms with E-state index in [0.717, 1.165) is 5.56 Å². The minimum Gasteiger partial charge on any atom is -0.468 e. The lowest BCUT2D eigenvalue weighted by Crippen LogP contribution is -2.43. The molecule has 1 aliphatic rings. The molecule has 114 valence electrons. The van der Waals surface area contributed by atoms with Crippen LogP contribution in [0.3, 0.4) is 0 Å². The van der Waals surface area contributed by atoms with Crippen LogP contribution in [0.25, 0.3) is 0 Å². The quantitative estimate of drug-likeness (QED) is 0.481. The van der Waals surface area contributed by atoms with E-state index in [1.165, 1.54) is 7.11 Å². The highest BCUT2D eigenvalue weighted by Crippen LogP contribution is 2.49.